The lowest BCUT2D eigenvalue weighted by Gasteiger charge is -2.39. The van der Waals surface area contributed by atoms with Crippen LogP contribution in [0.3, 0.4) is 0 Å². The maximum absolute atomic E-state index is 6.53. The molecule has 1 aliphatic carbocycles. The third kappa shape index (κ3) is 4.94. The lowest BCUT2D eigenvalue weighted by Crippen LogP contribution is -2.44. The molecule has 0 aromatic heterocycles. The van der Waals surface area contributed by atoms with Gasteiger partial charge in [-0.25, -0.2) is 0 Å². The Morgan fingerprint density at radius 1 is 1.11 bits per heavy atom. The quantitative estimate of drug-likeness (QED) is 0.402. The summed E-state index contributed by atoms with van der Waals surface area (Å²) in [5.41, 5.74) is 3.49. The summed E-state index contributed by atoms with van der Waals surface area (Å²) in [6, 6.07) is 0. The zero-order valence-corrected chi connectivity index (χ0v) is 15.9. The molecular formula is C16H30OSi2. The van der Waals surface area contributed by atoms with Gasteiger partial charge in [0, 0.05) is 0 Å². The summed E-state index contributed by atoms with van der Waals surface area (Å²) in [7, 11) is -2.97. The molecule has 0 bridgehead atoms. The minimum Gasteiger partial charge on any atom is -0.412 e. The molecule has 0 radical (unpaired) electrons. The second-order valence-corrected chi connectivity index (χ2v) is 17.6. The van der Waals surface area contributed by atoms with Crippen LogP contribution in [-0.2, 0) is 4.43 Å². The van der Waals surface area contributed by atoms with E-state index in [0.717, 1.165) is 6.42 Å². The van der Waals surface area contributed by atoms with Gasteiger partial charge in [0.2, 0.25) is 0 Å². The van der Waals surface area contributed by atoms with Crippen LogP contribution in [0.1, 0.15) is 27.2 Å². The second kappa shape index (κ2) is 5.59. The van der Waals surface area contributed by atoms with Crippen LogP contribution in [-0.4, -0.2) is 22.5 Å². The molecule has 0 saturated carbocycles. The molecule has 2 atom stereocenters. The predicted molar refractivity (Wildman–Crippen MR) is 90.4 cm³/mol. The first-order chi connectivity index (χ1) is 8.42. The van der Waals surface area contributed by atoms with E-state index < -0.39 is 16.4 Å². The van der Waals surface area contributed by atoms with Crippen molar-refractivity contribution < 1.29 is 4.43 Å². The maximum Gasteiger partial charge on any atom is 0.192 e. The van der Waals surface area contributed by atoms with Crippen molar-refractivity contribution in [3.05, 3.63) is 12.2 Å². The van der Waals surface area contributed by atoms with Gasteiger partial charge >= 0.3 is 0 Å². The van der Waals surface area contributed by atoms with Gasteiger partial charge in [0.05, 0.1) is 12.0 Å². The molecule has 1 aliphatic rings. The van der Waals surface area contributed by atoms with Gasteiger partial charge in [0.15, 0.2) is 8.32 Å². The standard InChI is InChI=1S/C16H30OSi2/c1-16(2,3)19(7,8)17-15-11-9-10-14(15)12-13-18(4,5)6/h9-10,14-15H,11H2,1-8H3/t14-,15+/m1/s1. The van der Waals surface area contributed by atoms with Crippen LogP contribution in [0.2, 0.25) is 37.8 Å². The summed E-state index contributed by atoms with van der Waals surface area (Å²) in [5, 5.41) is 0.270. The summed E-state index contributed by atoms with van der Waals surface area (Å²) in [6.07, 6.45) is 5.79. The zero-order chi connectivity index (χ0) is 14.9. The van der Waals surface area contributed by atoms with Crippen LogP contribution in [0.15, 0.2) is 12.2 Å². The van der Waals surface area contributed by atoms with Crippen molar-refractivity contribution in [2.45, 2.75) is 71.1 Å². The molecule has 0 N–H and O–H groups in total. The Morgan fingerprint density at radius 2 is 1.68 bits per heavy atom. The van der Waals surface area contributed by atoms with Crippen molar-refractivity contribution in [3.63, 3.8) is 0 Å². The molecule has 108 valence electrons. The van der Waals surface area contributed by atoms with E-state index in [-0.39, 0.29) is 11.1 Å². The van der Waals surface area contributed by atoms with E-state index in [0.29, 0.717) is 5.92 Å². The van der Waals surface area contributed by atoms with E-state index in [9.17, 15) is 0 Å². The molecule has 0 aliphatic heterocycles. The highest BCUT2D eigenvalue weighted by Crippen LogP contribution is 2.39. The van der Waals surface area contributed by atoms with Crippen LogP contribution in [0, 0.1) is 17.4 Å². The average molecular weight is 295 g/mol. The molecule has 0 aromatic carbocycles. The van der Waals surface area contributed by atoms with Crippen LogP contribution in [0.25, 0.3) is 0 Å². The smallest absolute Gasteiger partial charge is 0.192 e. The number of rotatable bonds is 2. The molecule has 19 heavy (non-hydrogen) atoms. The summed E-state index contributed by atoms with van der Waals surface area (Å²) < 4.78 is 6.53. The Bertz CT molecular complexity index is 399. The number of hydrogen-bond acceptors (Lipinski definition) is 1. The molecule has 0 heterocycles. The van der Waals surface area contributed by atoms with E-state index in [1.54, 1.807) is 0 Å². The Morgan fingerprint density at radius 3 is 2.16 bits per heavy atom. The minimum atomic E-state index is -1.68. The first-order valence-corrected chi connectivity index (χ1v) is 13.7. The molecular weight excluding hydrogens is 264 g/mol. The first kappa shape index (κ1) is 16.7. The molecule has 0 saturated heterocycles. The van der Waals surface area contributed by atoms with Crippen molar-refractivity contribution in [1.82, 2.24) is 0 Å². The topological polar surface area (TPSA) is 9.23 Å². The van der Waals surface area contributed by atoms with E-state index in [2.05, 4.69) is 77.1 Å². The SMILES string of the molecule is CC(C)(C)[Si](C)(C)O[C@H]1CC=C[C@@H]1C#C[Si](C)(C)C. The molecule has 0 aromatic rings. The lowest BCUT2D eigenvalue weighted by atomic mass is 10.1. The Hall–Kier alpha value is -0.306. The fourth-order valence-corrected chi connectivity index (χ4v) is 3.70. The lowest BCUT2D eigenvalue weighted by molar-refractivity contribution is 0.171. The fraction of sp³-hybridized carbons (Fsp3) is 0.750. The van der Waals surface area contributed by atoms with Crippen LogP contribution < -0.4 is 0 Å². The normalized spacial score (nSPS) is 24.2. The van der Waals surface area contributed by atoms with Crippen molar-refractivity contribution in [2.24, 2.45) is 5.92 Å². The molecule has 0 fully saturated rings. The van der Waals surface area contributed by atoms with Crippen molar-refractivity contribution in [2.75, 3.05) is 0 Å². The van der Waals surface area contributed by atoms with Gasteiger partial charge in [-0.05, 0) is 24.6 Å². The van der Waals surface area contributed by atoms with Gasteiger partial charge in [-0.15, -0.1) is 11.5 Å². The van der Waals surface area contributed by atoms with Gasteiger partial charge in [0.25, 0.3) is 0 Å². The highest BCUT2D eigenvalue weighted by Gasteiger charge is 2.40. The van der Waals surface area contributed by atoms with Crippen molar-refractivity contribution in [3.8, 4) is 11.5 Å². The molecule has 3 heteroatoms. The third-order valence-electron chi connectivity index (χ3n) is 3.98. The highest BCUT2D eigenvalue weighted by atomic mass is 28.4. The summed E-state index contributed by atoms with van der Waals surface area (Å²) >= 11 is 0. The highest BCUT2D eigenvalue weighted by molar-refractivity contribution is 6.83. The van der Waals surface area contributed by atoms with Crippen LogP contribution in [0.4, 0.5) is 0 Å². The molecule has 0 spiro atoms. The van der Waals surface area contributed by atoms with Crippen LogP contribution >= 0.6 is 0 Å². The largest absolute Gasteiger partial charge is 0.412 e. The van der Waals surface area contributed by atoms with Gasteiger partial charge in [-0.3, -0.25) is 0 Å². The maximum atomic E-state index is 6.53. The monoisotopic (exact) mass is 294 g/mol. The van der Waals surface area contributed by atoms with Gasteiger partial charge in [-0.1, -0.05) is 52.6 Å². The van der Waals surface area contributed by atoms with Gasteiger partial charge in [-0.2, -0.15) is 0 Å². The van der Waals surface area contributed by atoms with Crippen molar-refractivity contribution >= 4 is 16.4 Å². The Balaban J connectivity index is 2.77. The predicted octanol–water partition coefficient (Wildman–Crippen LogP) is 4.83. The zero-order valence-electron chi connectivity index (χ0n) is 13.9. The molecule has 1 nitrogen and oxygen atoms in total. The Labute approximate surface area is 122 Å². The van der Waals surface area contributed by atoms with E-state index in [1.807, 2.05) is 0 Å². The second-order valence-electron chi connectivity index (χ2n) is 8.13. The summed E-state index contributed by atoms with van der Waals surface area (Å²) in [4.78, 5) is 0. The van der Waals surface area contributed by atoms with Crippen molar-refractivity contribution in [1.29, 1.82) is 0 Å². The van der Waals surface area contributed by atoms with E-state index in [1.165, 1.54) is 0 Å². The minimum absolute atomic E-state index is 0.270. The third-order valence-corrected chi connectivity index (χ3v) is 9.38. The summed E-state index contributed by atoms with van der Waals surface area (Å²) in [5.74, 6) is 3.77. The molecule has 1 rings (SSSR count). The fourth-order valence-electron chi connectivity index (χ4n) is 1.75. The van der Waals surface area contributed by atoms with E-state index >= 15 is 0 Å². The molecule has 0 unspecified atom stereocenters. The Kier molecular flexibility index (Phi) is 4.93. The number of hydrogen-bond donors (Lipinski definition) is 0. The average Bonchev–Trinajstić information content (AvgIpc) is 2.58. The van der Waals surface area contributed by atoms with E-state index in [4.69, 9.17) is 4.43 Å². The summed E-state index contributed by atoms with van der Waals surface area (Å²) in [6.45, 7) is 18.4. The van der Waals surface area contributed by atoms with Gasteiger partial charge in [0.1, 0.15) is 8.07 Å². The first-order valence-electron chi connectivity index (χ1n) is 7.29. The molecule has 0 amide bonds. The van der Waals surface area contributed by atoms with Crippen LogP contribution in [0.5, 0.6) is 0 Å². The van der Waals surface area contributed by atoms with Gasteiger partial charge < -0.3 is 4.43 Å².